The molecule has 2 heterocycles. The number of hydrogen-bond donors (Lipinski definition) is 2. The number of amides is 1. The molecule has 0 radical (unpaired) electrons. The van der Waals surface area contributed by atoms with Gasteiger partial charge < -0.3 is 10.3 Å². The number of benzene rings is 2. The summed E-state index contributed by atoms with van der Waals surface area (Å²) < 4.78 is 0. The molecule has 1 fully saturated rings. The highest BCUT2D eigenvalue weighted by atomic mass is 16.2. The summed E-state index contributed by atoms with van der Waals surface area (Å²) in [6.07, 6.45) is 0.987. The maximum atomic E-state index is 12.8. The number of aryl methyl sites for hydroxylation is 2. The lowest BCUT2D eigenvalue weighted by Crippen LogP contribution is -2.37. The Balaban J connectivity index is 1.43. The van der Waals surface area contributed by atoms with Crippen molar-refractivity contribution in [3.05, 3.63) is 70.9 Å². The Morgan fingerprint density at radius 2 is 1.96 bits per heavy atom. The molecule has 0 bridgehead atoms. The van der Waals surface area contributed by atoms with Crippen LogP contribution < -0.4 is 5.32 Å². The van der Waals surface area contributed by atoms with E-state index in [2.05, 4.69) is 72.4 Å². The standard InChI is InChI=1S/C23H27N3O/c1-15-11-16(2)20-13-22(25-21(20)12-15)23(27)24-19-9-10-26(14-19)17(3)18-7-5-4-6-8-18/h4-8,11-13,17,19,25H,9-10,14H2,1-3H3,(H,24,27). The maximum Gasteiger partial charge on any atom is 0.267 e. The molecule has 140 valence electrons. The highest BCUT2D eigenvalue weighted by Crippen LogP contribution is 2.25. The van der Waals surface area contributed by atoms with Gasteiger partial charge in [0.2, 0.25) is 0 Å². The van der Waals surface area contributed by atoms with Gasteiger partial charge in [-0.2, -0.15) is 0 Å². The lowest BCUT2D eigenvalue weighted by molar-refractivity contribution is 0.0932. The SMILES string of the molecule is Cc1cc(C)c2cc(C(=O)NC3CCN(C(C)c4ccccc4)C3)[nH]c2c1. The summed E-state index contributed by atoms with van der Waals surface area (Å²) in [4.78, 5) is 18.5. The third-order valence-electron chi connectivity index (χ3n) is 5.72. The number of likely N-dealkylation sites (tertiary alicyclic amines) is 1. The van der Waals surface area contributed by atoms with E-state index >= 15 is 0 Å². The molecule has 4 nitrogen and oxygen atoms in total. The monoisotopic (exact) mass is 361 g/mol. The van der Waals surface area contributed by atoms with Gasteiger partial charge in [-0.3, -0.25) is 9.69 Å². The van der Waals surface area contributed by atoms with Crippen LogP contribution in [0.3, 0.4) is 0 Å². The molecule has 1 aromatic heterocycles. The Morgan fingerprint density at radius 1 is 1.19 bits per heavy atom. The van der Waals surface area contributed by atoms with Gasteiger partial charge in [0.25, 0.3) is 5.91 Å². The van der Waals surface area contributed by atoms with Crippen LogP contribution in [-0.2, 0) is 0 Å². The highest BCUT2D eigenvalue weighted by molar-refractivity contribution is 5.99. The molecule has 4 heteroatoms. The zero-order valence-corrected chi connectivity index (χ0v) is 16.3. The van der Waals surface area contributed by atoms with Crippen LogP contribution in [0.1, 0.15) is 46.6 Å². The van der Waals surface area contributed by atoms with E-state index in [1.807, 2.05) is 12.1 Å². The second-order valence-corrected chi connectivity index (χ2v) is 7.77. The second kappa shape index (κ2) is 7.20. The molecule has 2 atom stereocenters. The third-order valence-corrected chi connectivity index (χ3v) is 5.72. The first-order valence-electron chi connectivity index (χ1n) is 9.71. The van der Waals surface area contributed by atoms with Crippen molar-refractivity contribution in [2.75, 3.05) is 13.1 Å². The van der Waals surface area contributed by atoms with Crippen LogP contribution in [0.25, 0.3) is 10.9 Å². The first kappa shape index (κ1) is 17.8. The fourth-order valence-corrected chi connectivity index (χ4v) is 4.18. The molecule has 1 aliphatic rings. The largest absolute Gasteiger partial charge is 0.351 e. The van der Waals surface area contributed by atoms with Gasteiger partial charge >= 0.3 is 0 Å². The number of nitrogens with zero attached hydrogens (tertiary/aromatic N) is 1. The number of hydrogen-bond acceptors (Lipinski definition) is 2. The van der Waals surface area contributed by atoms with E-state index in [0.717, 1.165) is 30.4 Å². The van der Waals surface area contributed by atoms with Gasteiger partial charge in [-0.1, -0.05) is 36.4 Å². The molecule has 27 heavy (non-hydrogen) atoms. The van der Waals surface area contributed by atoms with Crippen LogP contribution in [0.2, 0.25) is 0 Å². The fraction of sp³-hybridized carbons (Fsp3) is 0.348. The summed E-state index contributed by atoms with van der Waals surface area (Å²) >= 11 is 0. The number of aromatic nitrogens is 1. The van der Waals surface area contributed by atoms with E-state index in [-0.39, 0.29) is 11.9 Å². The van der Waals surface area contributed by atoms with E-state index in [1.165, 1.54) is 16.7 Å². The fourth-order valence-electron chi connectivity index (χ4n) is 4.18. The van der Waals surface area contributed by atoms with Crippen molar-refractivity contribution in [2.45, 2.75) is 39.3 Å². The molecular formula is C23H27N3O. The molecule has 1 aliphatic heterocycles. The summed E-state index contributed by atoms with van der Waals surface area (Å²) in [5.41, 5.74) is 5.40. The van der Waals surface area contributed by atoms with Crippen LogP contribution >= 0.6 is 0 Å². The van der Waals surface area contributed by atoms with Crippen LogP contribution in [-0.4, -0.2) is 34.9 Å². The van der Waals surface area contributed by atoms with Gasteiger partial charge in [-0.15, -0.1) is 0 Å². The van der Waals surface area contributed by atoms with E-state index in [4.69, 9.17) is 0 Å². The lowest BCUT2D eigenvalue weighted by atomic mass is 10.1. The minimum Gasteiger partial charge on any atom is -0.351 e. The lowest BCUT2D eigenvalue weighted by Gasteiger charge is -2.24. The van der Waals surface area contributed by atoms with Crippen LogP contribution in [0.15, 0.2) is 48.5 Å². The van der Waals surface area contributed by atoms with Crippen LogP contribution in [0, 0.1) is 13.8 Å². The van der Waals surface area contributed by atoms with Gasteiger partial charge in [-0.05, 0) is 56.0 Å². The third kappa shape index (κ3) is 3.62. The molecule has 2 unspecified atom stereocenters. The molecule has 0 saturated carbocycles. The average molecular weight is 361 g/mol. The number of rotatable bonds is 4. The molecule has 0 spiro atoms. The van der Waals surface area contributed by atoms with Gasteiger partial charge in [0.15, 0.2) is 0 Å². The quantitative estimate of drug-likeness (QED) is 0.726. The van der Waals surface area contributed by atoms with Crippen molar-refractivity contribution < 1.29 is 4.79 Å². The molecule has 0 aliphatic carbocycles. The number of carbonyl (C=O) groups excluding carboxylic acids is 1. The molecule has 2 N–H and O–H groups in total. The van der Waals surface area contributed by atoms with Crippen molar-refractivity contribution in [3.63, 3.8) is 0 Å². The summed E-state index contributed by atoms with van der Waals surface area (Å²) in [6, 6.07) is 17.3. The highest BCUT2D eigenvalue weighted by Gasteiger charge is 2.28. The smallest absolute Gasteiger partial charge is 0.267 e. The Hall–Kier alpha value is -2.59. The van der Waals surface area contributed by atoms with Crippen molar-refractivity contribution in [2.24, 2.45) is 0 Å². The Bertz CT molecular complexity index is 960. The van der Waals surface area contributed by atoms with Gasteiger partial charge in [0.1, 0.15) is 5.69 Å². The summed E-state index contributed by atoms with van der Waals surface area (Å²) in [7, 11) is 0. The first-order valence-corrected chi connectivity index (χ1v) is 9.71. The minimum atomic E-state index is -0.0116. The number of aromatic amines is 1. The maximum absolute atomic E-state index is 12.8. The van der Waals surface area contributed by atoms with Crippen LogP contribution in [0.4, 0.5) is 0 Å². The van der Waals surface area contributed by atoms with E-state index in [1.54, 1.807) is 0 Å². The average Bonchev–Trinajstić information content (AvgIpc) is 3.29. The number of fused-ring (bicyclic) bond motifs is 1. The van der Waals surface area contributed by atoms with E-state index in [9.17, 15) is 4.79 Å². The first-order chi connectivity index (χ1) is 13.0. The van der Waals surface area contributed by atoms with Crippen molar-refractivity contribution in [3.8, 4) is 0 Å². The van der Waals surface area contributed by atoms with Crippen molar-refractivity contribution in [1.29, 1.82) is 0 Å². The predicted octanol–water partition coefficient (Wildman–Crippen LogP) is 4.35. The summed E-state index contributed by atoms with van der Waals surface area (Å²) in [6.45, 7) is 8.30. The van der Waals surface area contributed by atoms with Crippen LogP contribution in [0.5, 0.6) is 0 Å². The molecule has 3 aromatic rings. The molecule has 1 amide bonds. The molecular weight excluding hydrogens is 334 g/mol. The van der Waals surface area contributed by atoms with Gasteiger partial charge in [-0.25, -0.2) is 0 Å². The summed E-state index contributed by atoms with van der Waals surface area (Å²) in [5, 5.41) is 4.34. The van der Waals surface area contributed by atoms with Gasteiger partial charge in [0.05, 0.1) is 0 Å². The zero-order chi connectivity index (χ0) is 19.0. The topological polar surface area (TPSA) is 48.1 Å². The number of nitrogens with one attached hydrogen (secondary N) is 2. The molecule has 4 rings (SSSR count). The minimum absolute atomic E-state index is 0.0116. The molecule has 1 saturated heterocycles. The normalized spacial score (nSPS) is 18.7. The van der Waals surface area contributed by atoms with Gasteiger partial charge in [0, 0.05) is 36.1 Å². The Labute approximate surface area is 160 Å². The summed E-state index contributed by atoms with van der Waals surface area (Å²) in [5.74, 6) is -0.0116. The number of carbonyl (C=O) groups is 1. The number of H-pyrrole nitrogens is 1. The second-order valence-electron chi connectivity index (χ2n) is 7.77. The van der Waals surface area contributed by atoms with Crippen molar-refractivity contribution in [1.82, 2.24) is 15.2 Å². The van der Waals surface area contributed by atoms with E-state index < -0.39 is 0 Å². The molecule has 2 aromatic carbocycles. The van der Waals surface area contributed by atoms with Crippen molar-refractivity contribution >= 4 is 16.8 Å². The Kier molecular flexibility index (Phi) is 4.75. The predicted molar refractivity (Wildman–Crippen MR) is 110 cm³/mol. The van der Waals surface area contributed by atoms with E-state index in [0.29, 0.717) is 11.7 Å². The zero-order valence-electron chi connectivity index (χ0n) is 16.3. The Morgan fingerprint density at radius 3 is 2.74 bits per heavy atom.